The number of carbonyl (C=O) groups excluding carboxylic acids is 1. The summed E-state index contributed by atoms with van der Waals surface area (Å²) in [7, 11) is 3.81. The van der Waals surface area contributed by atoms with Crippen LogP contribution < -0.4 is 10.2 Å². The standard InChI is InChI=1S/C19H18ClN3O2/c1-23(2)17-9-8-14(20)10-16(17)22-18(24)11-15-12-25-19(21-15)13-6-4-3-5-7-13/h3-10,12H,11H2,1-2H3,(H,22,24). The second kappa shape index (κ2) is 7.40. The topological polar surface area (TPSA) is 58.4 Å². The summed E-state index contributed by atoms with van der Waals surface area (Å²) < 4.78 is 5.46. The highest BCUT2D eigenvalue weighted by Gasteiger charge is 2.13. The maximum Gasteiger partial charge on any atom is 0.230 e. The molecule has 0 radical (unpaired) electrons. The number of rotatable bonds is 5. The normalized spacial score (nSPS) is 10.5. The van der Waals surface area contributed by atoms with Crippen LogP contribution in [-0.4, -0.2) is 25.0 Å². The van der Waals surface area contributed by atoms with Crippen LogP contribution >= 0.6 is 11.6 Å². The lowest BCUT2D eigenvalue weighted by Gasteiger charge is -2.18. The molecule has 3 aromatic rings. The molecule has 0 saturated heterocycles. The smallest absolute Gasteiger partial charge is 0.230 e. The van der Waals surface area contributed by atoms with E-state index < -0.39 is 0 Å². The summed E-state index contributed by atoms with van der Waals surface area (Å²) in [6, 6.07) is 14.9. The molecule has 0 spiro atoms. The van der Waals surface area contributed by atoms with Crippen molar-refractivity contribution in [1.29, 1.82) is 0 Å². The van der Waals surface area contributed by atoms with Crippen LogP contribution in [0.15, 0.2) is 59.2 Å². The van der Waals surface area contributed by atoms with E-state index in [9.17, 15) is 4.79 Å². The second-order valence-corrected chi connectivity index (χ2v) is 6.23. The van der Waals surface area contributed by atoms with Gasteiger partial charge < -0.3 is 14.6 Å². The lowest BCUT2D eigenvalue weighted by atomic mass is 10.2. The average molecular weight is 356 g/mol. The minimum absolute atomic E-state index is 0.121. The Morgan fingerprint density at radius 1 is 1.20 bits per heavy atom. The Morgan fingerprint density at radius 3 is 2.68 bits per heavy atom. The van der Waals surface area contributed by atoms with Gasteiger partial charge in [0.2, 0.25) is 11.8 Å². The molecule has 0 bridgehead atoms. The van der Waals surface area contributed by atoms with Crippen molar-refractivity contribution >= 4 is 28.9 Å². The van der Waals surface area contributed by atoms with Crippen molar-refractivity contribution in [3.05, 3.63) is 65.5 Å². The number of hydrogen-bond donors (Lipinski definition) is 1. The molecule has 0 aliphatic carbocycles. The van der Waals surface area contributed by atoms with E-state index in [1.165, 1.54) is 6.26 Å². The molecule has 0 fully saturated rings. The van der Waals surface area contributed by atoms with Crippen LogP contribution in [0.4, 0.5) is 11.4 Å². The number of carbonyl (C=O) groups is 1. The van der Waals surface area contributed by atoms with E-state index in [1.54, 1.807) is 12.1 Å². The summed E-state index contributed by atoms with van der Waals surface area (Å²) in [5.41, 5.74) is 2.99. The highest BCUT2D eigenvalue weighted by molar-refractivity contribution is 6.31. The minimum Gasteiger partial charge on any atom is -0.444 e. The predicted molar refractivity (Wildman–Crippen MR) is 100 cm³/mol. The van der Waals surface area contributed by atoms with Gasteiger partial charge in [-0.25, -0.2) is 4.98 Å². The molecule has 0 atom stereocenters. The molecule has 5 nitrogen and oxygen atoms in total. The number of nitrogens with one attached hydrogen (secondary N) is 1. The van der Waals surface area contributed by atoms with Gasteiger partial charge in [0.15, 0.2) is 0 Å². The average Bonchev–Trinajstić information content (AvgIpc) is 3.03. The first-order valence-corrected chi connectivity index (χ1v) is 8.17. The Kier molecular flexibility index (Phi) is 5.05. The maximum atomic E-state index is 12.4. The van der Waals surface area contributed by atoms with E-state index in [2.05, 4.69) is 10.3 Å². The fourth-order valence-corrected chi connectivity index (χ4v) is 2.63. The molecule has 0 aliphatic heterocycles. The number of aromatic nitrogens is 1. The van der Waals surface area contributed by atoms with Crippen molar-refractivity contribution in [3.8, 4) is 11.5 Å². The zero-order valence-electron chi connectivity index (χ0n) is 14.0. The molecular formula is C19H18ClN3O2. The van der Waals surface area contributed by atoms with Crippen LogP contribution in [0.2, 0.25) is 5.02 Å². The van der Waals surface area contributed by atoms with Gasteiger partial charge in [-0.1, -0.05) is 29.8 Å². The largest absolute Gasteiger partial charge is 0.444 e. The fraction of sp³-hybridized carbons (Fsp3) is 0.158. The van der Waals surface area contributed by atoms with Gasteiger partial charge in [-0.05, 0) is 30.3 Å². The summed E-state index contributed by atoms with van der Waals surface area (Å²) in [6.07, 6.45) is 1.63. The van der Waals surface area contributed by atoms with Gasteiger partial charge in [0.1, 0.15) is 6.26 Å². The third kappa shape index (κ3) is 4.19. The van der Waals surface area contributed by atoms with E-state index in [-0.39, 0.29) is 12.3 Å². The number of anilines is 2. The van der Waals surface area contributed by atoms with Crippen LogP contribution in [0.25, 0.3) is 11.5 Å². The van der Waals surface area contributed by atoms with E-state index >= 15 is 0 Å². The van der Waals surface area contributed by atoms with Gasteiger partial charge in [-0.2, -0.15) is 0 Å². The van der Waals surface area contributed by atoms with Crippen molar-refractivity contribution in [2.45, 2.75) is 6.42 Å². The third-order valence-corrected chi connectivity index (χ3v) is 3.86. The molecule has 3 rings (SSSR count). The van der Waals surface area contributed by atoms with Crippen molar-refractivity contribution < 1.29 is 9.21 Å². The molecule has 128 valence electrons. The van der Waals surface area contributed by atoms with Gasteiger partial charge in [-0.3, -0.25) is 4.79 Å². The van der Waals surface area contributed by atoms with Crippen LogP contribution in [0.1, 0.15) is 5.69 Å². The molecule has 0 unspecified atom stereocenters. The zero-order chi connectivity index (χ0) is 17.8. The Balaban J connectivity index is 1.72. The highest BCUT2D eigenvalue weighted by atomic mass is 35.5. The first kappa shape index (κ1) is 17.0. The quantitative estimate of drug-likeness (QED) is 0.743. The Morgan fingerprint density at radius 2 is 1.96 bits per heavy atom. The Labute approximate surface area is 151 Å². The zero-order valence-corrected chi connectivity index (χ0v) is 14.7. The number of amides is 1. The molecule has 1 heterocycles. The molecule has 25 heavy (non-hydrogen) atoms. The number of nitrogens with zero attached hydrogens (tertiary/aromatic N) is 2. The lowest BCUT2D eigenvalue weighted by molar-refractivity contribution is -0.115. The SMILES string of the molecule is CN(C)c1ccc(Cl)cc1NC(=O)Cc1coc(-c2ccccc2)n1. The fourth-order valence-electron chi connectivity index (χ4n) is 2.46. The van der Waals surface area contributed by atoms with Crippen molar-refractivity contribution in [2.24, 2.45) is 0 Å². The molecule has 0 aliphatic rings. The van der Waals surface area contributed by atoms with Crippen LogP contribution in [0.3, 0.4) is 0 Å². The molecule has 1 amide bonds. The van der Waals surface area contributed by atoms with Crippen LogP contribution in [0.5, 0.6) is 0 Å². The summed E-state index contributed by atoms with van der Waals surface area (Å²) in [5.74, 6) is 0.318. The summed E-state index contributed by atoms with van der Waals surface area (Å²) in [4.78, 5) is 18.6. The van der Waals surface area contributed by atoms with Crippen molar-refractivity contribution in [3.63, 3.8) is 0 Å². The molecule has 1 N–H and O–H groups in total. The molecule has 2 aromatic carbocycles. The van der Waals surface area contributed by atoms with Gasteiger partial charge in [0, 0.05) is 24.7 Å². The predicted octanol–water partition coefficient (Wildman–Crippen LogP) is 4.24. The molecule has 1 aromatic heterocycles. The lowest BCUT2D eigenvalue weighted by Crippen LogP contribution is -2.18. The van der Waals surface area contributed by atoms with Crippen molar-refractivity contribution in [2.75, 3.05) is 24.3 Å². The molecule has 0 saturated carbocycles. The van der Waals surface area contributed by atoms with Crippen LogP contribution in [-0.2, 0) is 11.2 Å². The van der Waals surface area contributed by atoms with E-state index in [0.29, 0.717) is 22.3 Å². The molecule has 6 heteroatoms. The highest BCUT2D eigenvalue weighted by Crippen LogP contribution is 2.28. The minimum atomic E-state index is -0.182. The number of hydrogen-bond acceptors (Lipinski definition) is 4. The van der Waals surface area contributed by atoms with Gasteiger partial charge in [0.25, 0.3) is 0 Å². The number of benzene rings is 2. The summed E-state index contributed by atoms with van der Waals surface area (Å²) in [5, 5.41) is 3.45. The van der Waals surface area contributed by atoms with E-state index in [1.807, 2.05) is 55.4 Å². The van der Waals surface area contributed by atoms with Gasteiger partial charge in [-0.15, -0.1) is 0 Å². The van der Waals surface area contributed by atoms with Gasteiger partial charge in [0.05, 0.1) is 23.5 Å². The number of oxazole rings is 1. The van der Waals surface area contributed by atoms with E-state index in [4.69, 9.17) is 16.0 Å². The first-order chi connectivity index (χ1) is 12.0. The summed E-state index contributed by atoms with van der Waals surface area (Å²) >= 11 is 6.04. The third-order valence-electron chi connectivity index (χ3n) is 3.63. The Bertz CT molecular complexity index is 875. The van der Waals surface area contributed by atoms with Gasteiger partial charge >= 0.3 is 0 Å². The van der Waals surface area contributed by atoms with Crippen LogP contribution in [0, 0.1) is 0 Å². The maximum absolute atomic E-state index is 12.4. The summed E-state index contributed by atoms with van der Waals surface area (Å²) in [6.45, 7) is 0. The van der Waals surface area contributed by atoms with Crippen molar-refractivity contribution in [1.82, 2.24) is 4.98 Å². The monoisotopic (exact) mass is 355 g/mol. The first-order valence-electron chi connectivity index (χ1n) is 7.79. The Hall–Kier alpha value is -2.79. The number of halogens is 1. The van der Waals surface area contributed by atoms with E-state index in [0.717, 1.165) is 11.3 Å². The molecular weight excluding hydrogens is 338 g/mol. The second-order valence-electron chi connectivity index (χ2n) is 5.79.